The zero-order valence-corrected chi connectivity index (χ0v) is 14.3. The smallest absolute Gasteiger partial charge is 0.220 e. The van der Waals surface area contributed by atoms with Gasteiger partial charge in [0.25, 0.3) is 0 Å². The topological polar surface area (TPSA) is 93.5 Å². The summed E-state index contributed by atoms with van der Waals surface area (Å²) in [6, 6.07) is 1.59. The van der Waals surface area contributed by atoms with Crippen molar-refractivity contribution in [2.24, 2.45) is 5.92 Å². The van der Waals surface area contributed by atoms with Crippen LogP contribution in [0.15, 0.2) is 18.5 Å². The molecule has 1 aliphatic heterocycles. The molecule has 1 amide bonds. The summed E-state index contributed by atoms with van der Waals surface area (Å²) in [4.78, 5) is 12.0. The van der Waals surface area contributed by atoms with Crippen LogP contribution in [0.25, 0.3) is 0 Å². The molecular weight excluding hydrogens is 320 g/mol. The van der Waals surface area contributed by atoms with E-state index in [9.17, 15) is 13.2 Å². The third-order valence-electron chi connectivity index (χ3n) is 3.88. The normalized spacial score (nSPS) is 21.7. The van der Waals surface area contributed by atoms with E-state index >= 15 is 0 Å². The van der Waals surface area contributed by atoms with E-state index in [0.717, 1.165) is 0 Å². The number of hydrogen-bond donors (Lipinski definition) is 1. The number of ether oxygens (including phenoxy) is 1. The van der Waals surface area contributed by atoms with Gasteiger partial charge in [-0.05, 0) is 12.5 Å². The van der Waals surface area contributed by atoms with Gasteiger partial charge in [0.1, 0.15) is 0 Å². The van der Waals surface area contributed by atoms with Crippen LogP contribution in [0, 0.1) is 5.92 Å². The number of nitrogens with one attached hydrogen (secondary N) is 1. The number of nitrogens with zero attached hydrogens (tertiary/aromatic N) is 3. The summed E-state index contributed by atoms with van der Waals surface area (Å²) in [5, 5.41) is 6.97. The van der Waals surface area contributed by atoms with Crippen molar-refractivity contribution in [3.63, 3.8) is 0 Å². The maximum absolute atomic E-state index is 12.0. The molecule has 1 aromatic rings. The molecule has 1 aromatic heterocycles. The van der Waals surface area contributed by atoms with Gasteiger partial charge in [-0.2, -0.15) is 5.10 Å². The van der Waals surface area contributed by atoms with Crippen molar-refractivity contribution in [1.29, 1.82) is 0 Å². The number of amides is 1. The van der Waals surface area contributed by atoms with Crippen LogP contribution in [0.4, 0.5) is 0 Å². The maximum Gasteiger partial charge on any atom is 0.220 e. The summed E-state index contributed by atoms with van der Waals surface area (Å²) >= 11 is 0. The van der Waals surface area contributed by atoms with E-state index in [-0.39, 0.29) is 23.6 Å². The van der Waals surface area contributed by atoms with E-state index in [1.165, 1.54) is 18.4 Å². The zero-order valence-electron chi connectivity index (χ0n) is 13.5. The Labute approximate surface area is 136 Å². The Morgan fingerprint density at radius 2 is 2.22 bits per heavy atom. The zero-order chi connectivity index (χ0) is 16.9. The number of carbonyl (C=O) groups excluding carboxylic acids is 1. The quantitative estimate of drug-likeness (QED) is 0.698. The highest BCUT2D eigenvalue weighted by atomic mass is 32.2. The largest absolute Gasteiger partial charge is 0.379 e. The first-order valence-corrected chi connectivity index (χ1v) is 9.24. The highest BCUT2D eigenvalue weighted by molar-refractivity contribution is 7.89. The number of hydrogen-bond acceptors (Lipinski definition) is 5. The molecule has 0 radical (unpaired) electrons. The molecule has 1 saturated heterocycles. The van der Waals surface area contributed by atoms with Crippen molar-refractivity contribution in [3.8, 4) is 0 Å². The van der Waals surface area contributed by atoms with Gasteiger partial charge in [0.2, 0.25) is 15.9 Å². The number of aromatic nitrogens is 2. The maximum atomic E-state index is 12.0. The molecular formula is C14H24N4O4S. The van der Waals surface area contributed by atoms with Gasteiger partial charge < -0.3 is 10.1 Å². The van der Waals surface area contributed by atoms with Gasteiger partial charge in [-0.25, -0.2) is 12.7 Å². The highest BCUT2D eigenvalue weighted by Crippen LogP contribution is 2.17. The van der Waals surface area contributed by atoms with Gasteiger partial charge in [-0.15, -0.1) is 0 Å². The lowest BCUT2D eigenvalue weighted by Gasteiger charge is -2.21. The SMILES string of the molecule is CN(C)S(=O)(=O)C[C@@H]1COC[C@@H]1NC(=O)CCCn1cccn1. The fourth-order valence-electron chi connectivity index (χ4n) is 2.46. The van der Waals surface area contributed by atoms with Gasteiger partial charge in [0, 0.05) is 45.4 Å². The lowest BCUT2D eigenvalue weighted by atomic mass is 10.1. The number of aryl methyl sites for hydroxylation is 1. The molecule has 9 heteroatoms. The molecule has 1 fully saturated rings. The van der Waals surface area contributed by atoms with E-state index in [1.54, 1.807) is 10.9 Å². The summed E-state index contributed by atoms with van der Waals surface area (Å²) in [5.74, 6) is -0.310. The summed E-state index contributed by atoms with van der Waals surface area (Å²) in [7, 11) is -0.291. The number of carbonyl (C=O) groups is 1. The van der Waals surface area contributed by atoms with Crippen LogP contribution in [0.2, 0.25) is 0 Å². The predicted molar refractivity (Wildman–Crippen MR) is 85.2 cm³/mol. The van der Waals surface area contributed by atoms with E-state index in [1.807, 2.05) is 12.3 Å². The molecule has 0 bridgehead atoms. The van der Waals surface area contributed by atoms with Gasteiger partial charge in [-0.1, -0.05) is 0 Å². The summed E-state index contributed by atoms with van der Waals surface area (Å²) < 4.78 is 32.3. The van der Waals surface area contributed by atoms with Crippen LogP contribution < -0.4 is 5.32 Å². The third-order valence-corrected chi connectivity index (χ3v) is 5.84. The van der Waals surface area contributed by atoms with E-state index in [4.69, 9.17) is 4.74 Å². The molecule has 0 saturated carbocycles. The van der Waals surface area contributed by atoms with Gasteiger partial charge in [-0.3, -0.25) is 9.48 Å². The molecule has 8 nitrogen and oxygen atoms in total. The Bertz CT molecular complexity index is 600. The summed E-state index contributed by atoms with van der Waals surface area (Å²) in [5.41, 5.74) is 0. The lowest BCUT2D eigenvalue weighted by molar-refractivity contribution is -0.122. The van der Waals surface area contributed by atoms with Gasteiger partial charge in [0.05, 0.1) is 25.0 Å². The summed E-state index contributed by atoms with van der Waals surface area (Å²) in [6.45, 7) is 1.39. The second-order valence-electron chi connectivity index (χ2n) is 5.91. The van der Waals surface area contributed by atoms with Gasteiger partial charge >= 0.3 is 0 Å². The minimum atomic E-state index is -3.31. The first kappa shape index (κ1) is 17.9. The monoisotopic (exact) mass is 344 g/mol. The first-order valence-electron chi connectivity index (χ1n) is 7.63. The molecule has 0 aliphatic carbocycles. The molecule has 0 aromatic carbocycles. The minimum Gasteiger partial charge on any atom is -0.379 e. The van der Waals surface area contributed by atoms with Crippen LogP contribution >= 0.6 is 0 Å². The van der Waals surface area contributed by atoms with E-state index < -0.39 is 10.0 Å². The van der Waals surface area contributed by atoms with Crippen molar-refractivity contribution in [2.75, 3.05) is 33.1 Å². The average molecular weight is 344 g/mol. The van der Waals surface area contributed by atoms with Crippen molar-refractivity contribution in [2.45, 2.75) is 25.4 Å². The van der Waals surface area contributed by atoms with Crippen LogP contribution in [0.5, 0.6) is 0 Å². The first-order chi connectivity index (χ1) is 10.9. The predicted octanol–water partition coefficient (Wildman–Crippen LogP) is -0.314. The van der Waals surface area contributed by atoms with Crippen LogP contribution in [-0.2, 0) is 26.1 Å². The number of sulfonamides is 1. The van der Waals surface area contributed by atoms with Crippen molar-refractivity contribution in [3.05, 3.63) is 18.5 Å². The lowest BCUT2D eigenvalue weighted by Crippen LogP contribution is -2.43. The molecule has 0 unspecified atom stereocenters. The highest BCUT2D eigenvalue weighted by Gasteiger charge is 2.33. The molecule has 2 atom stereocenters. The molecule has 130 valence electrons. The van der Waals surface area contributed by atoms with Crippen LogP contribution in [-0.4, -0.2) is 67.5 Å². The third kappa shape index (κ3) is 5.29. The Hall–Kier alpha value is -1.45. The van der Waals surface area contributed by atoms with Crippen molar-refractivity contribution >= 4 is 15.9 Å². The van der Waals surface area contributed by atoms with E-state index in [2.05, 4.69) is 10.4 Å². The second kappa shape index (κ2) is 7.89. The Balaban J connectivity index is 1.77. The Morgan fingerprint density at radius 1 is 1.43 bits per heavy atom. The molecule has 1 N–H and O–H groups in total. The summed E-state index contributed by atoms with van der Waals surface area (Å²) in [6.07, 6.45) is 4.61. The standard InChI is InChI=1S/C14H24N4O4S/c1-17(2)23(20,21)11-12-9-22-10-13(12)16-14(19)5-3-7-18-8-4-6-15-18/h4,6,8,12-13H,3,5,7,9-11H2,1-2H3,(H,16,19)/t12-,13-/m0/s1. The van der Waals surface area contributed by atoms with Crippen molar-refractivity contribution < 1.29 is 17.9 Å². The Morgan fingerprint density at radius 3 is 2.87 bits per heavy atom. The van der Waals surface area contributed by atoms with Crippen LogP contribution in [0.1, 0.15) is 12.8 Å². The van der Waals surface area contributed by atoms with E-state index in [0.29, 0.717) is 32.6 Å². The molecule has 2 rings (SSSR count). The number of rotatable bonds is 8. The minimum absolute atomic E-state index is 0.0156. The van der Waals surface area contributed by atoms with Crippen molar-refractivity contribution in [1.82, 2.24) is 19.4 Å². The molecule has 1 aliphatic rings. The van der Waals surface area contributed by atoms with Gasteiger partial charge in [0.15, 0.2) is 0 Å². The average Bonchev–Trinajstić information content (AvgIpc) is 3.11. The second-order valence-corrected chi connectivity index (χ2v) is 8.13. The fourth-order valence-corrected chi connectivity index (χ4v) is 3.62. The van der Waals surface area contributed by atoms with Crippen LogP contribution in [0.3, 0.4) is 0 Å². The Kier molecular flexibility index (Phi) is 6.14. The molecule has 23 heavy (non-hydrogen) atoms. The molecule has 2 heterocycles. The fraction of sp³-hybridized carbons (Fsp3) is 0.714. The molecule has 0 spiro atoms.